The van der Waals surface area contributed by atoms with Gasteiger partial charge in [0, 0.05) is 31.8 Å². The van der Waals surface area contributed by atoms with Gasteiger partial charge in [0.15, 0.2) is 0 Å². The smallest absolute Gasteiger partial charge is 0.246 e. The Morgan fingerprint density at radius 2 is 1.72 bits per heavy atom. The molecule has 0 spiro atoms. The molecular formula is C34H51N3O5S. The van der Waals surface area contributed by atoms with Crippen molar-refractivity contribution < 1.29 is 22.7 Å². The van der Waals surface area contributed by atoms with E-state index >= 15 is 0 Å². The van der Waals surface area contributed by atoms with Gasteiger partial charge in [-0.15, -0.1) is 0 Å². The molecule has 8 nitrogen and oxygen atoms in total. The van der Waals surface area contributed by atoms with Gasteiger partial charge in [0.1, 0.15) is 12.4 Å². The van der Waals surface area contributed by atoms with Crippen LogP contribution in [0.1, 0.15) is 63.4 Å². The summed E-state index contributed by atoms with van der Waals surface area (Å²) in [6, 6.07) is 17.7. The molecule has 2 fully saturated rings. The van der Waals surface area contributed by atoms with E-state index in [1.165, 1.54) is 24.8 Å². The van der Waals surface area contributed by atoms with Crippen molar-refractivity contribution >= 4 is 15.9 Å². The van der Waals surface area contributed by atoms with Crippen molar-refractivity contribution in [3.05, 3.63) is 60.2 Å². The third kappa shape index (κ3) is 9.76. The molecule has 1 aliphatic heterocycles. The monoisotopic (exact) mass is 613 g/mol. The van der Waals surface area contributed by atoms with Crippen molar-refractivity contribution in [3.63, 3.8) is 0 Å². The van der Waals surface area contributed by atoms with E-state index in [4.69, 9.17) is 9.47 Å². The van der Waals surface area contributed by atoms with Gasteiger partial charge < -0.3 is 19.7 Å². The minimum atomic E-state index is -3.60. The maximum atomic E-state index is 13.3. The van der Waals surface area contributed by atoms with Gasteiger partial charge in [0.25, 0.3) is 0 Å². The maximum Gasteiger partial charge on any atom is 0.246 e. The lowest BCUT2D eigenvalue weighted by Gasteiger charge is -2.37. The van der Waals surface area contributed by atoms with E-state index in [1.54, 1.807) is 35.7 Å². The Morgan fingerprint density at radius 3 is 2.40 bits per heavy atom. The van der Waals surface area contributed by atoms with Gasteiger partial charge in [-0.3, -0.25) is 4.79 Å². The minimum absolute atomic E-state index is 0.00941. The normalized spacial score (nSPS) is 22.3. The summed E-state index contributed by atoms with van der Waals surface area (Å²) in [5.41, 5.74) is 1.41. The highest BCUT2D eigenvalue weighted by Gasteiger charge is 2.33. The van der Waals surface area contributed by atoms with E-state index in [0.29, 0.717) is 49.7 Å². The predicted molar refractivity (Wildman–Crippen MR) is 171 cm³/mol. The summed E-state index contributed by atoms with van der Waals surface area (Å²) >= 11 is 0. The molecule has 4 rings (SSSR count). The number of hydrogen-bond donors (Lipinski definition) is 1. The largest absolute Gasteiger partial charge is 0.497 e. The zero-order valence-corrected chi connectivity index (χ0v) is 27.1. The topological polar surface area (TPSA) is 88.2 Å². The van der Waals surface area contributed by atoms with Gasteiger partial charge in [-0.2, -0.15) is 4.31 Å². The Morgan fingerprint density at radius 1 is 1.00 bits per heavy atom. The minimum Gasteiger partial charge on any atom is -0.497 e. The number of amides is 1. The number of hydrogen-bond acceptors (Lipinski definition) is 6. The zero-order valence-electron chi connectivity index (χ0n) is 26.2. The Hall–Kier alpha value is -2.46. The van der Waals surface area contributed by atoms with Crippen LogP contribution in [-0.4, -0.2) is 83.1 Å². The number of nitrogens with zero attached hydrogens (tertiary/aromatic N) is 2. The van der Waals surface area contributed by atoms with Crippen LogP contribution in [0.5, 0.6) is 5.75 Å². The highest BCUT2D eigenvalue weighted by molar-refractivity contribution is 7.89. The molecule has 1 amide bonds. The highest BCUT2D eigenvalue weighted by Crippen LogP contribution is 2.34. The molecule has 1 saturated carbocycles. The van der Waals surface area contributed by atoms with Crippen molar-refractivity contribution in [1.82, 2.24) is 14.5 Å². The van der Waals surface area contributed by atoms with E-state index in [2.05, 4.69) is 54.6 Å². The van der Waals surface area contributed by atoms with Crippen LogP contribution in [0.2, 0.25) is 0 Å². The van der Waals surface area contributed by atoms with E-state index < -0.39 is 10.0 Å². The average Bonchev–Trinajstić information content (AvgIpc) is 3.03. The number of aryl methyl sites for hydroxylation is 1. The fraction of sp³-hybridized carbons (Fsp3) is 0.618. The van der Waals surface area contributed by atoms with Gasteiger partial charge in [-0.05, 0) is 114 Å². The summed E-state index contributed by atoms with van der Waals surface area (Å²) in [6.07, 6.45) is 10.2. The molecule has 2 aromatic carbocycles. The summed E-state index contributed by atoms with van der Waals surface area (Å²) in [5, 5.41) is 3.08. The quantitative estimate of drug-likeness (QED) is 0.280. The molecular weight excluding hydrogens is 562 g/mol. The first-order valence-electron chi connectivity index (χ1n) is 16.0. The lowest BCUT2D eigenvalue weighted by Crippen LogP contribution is -2.44. The lowest BCUT2D eigenvalue weighted by atomic mass is 9.76. The van der Waals surface area contributed by atoms with E-state index in [9.17, 15) is 13.2 Å². The molecule has 9 heteroatoms. The maximum absolute atomic E-state index is 13.3. The summed E-state index contributed by atoms with van der Waals surface area (Å²) < 4.78 is 39.2. The molecule has 2 atom stereocenters. The summed E-state index contributed by atoms with van der Waals surface area (Å²) in [7, 11) is 2.36. The van der Waals surface area contributed by atoms with E-state index in [0.717, 1.165) is 38.5 Å². The zero-order chi connectivity index (χ0) is 30.7. The third-order valence-electron chi connectivity index (χ3n) is 9.33. The summed E-state index contributed by atoms with van der Waals surface area (Å²) in [5.74, 6) is 1.74. The Balaban J connectivity index is 1.14. The molecule has 0 aromatic heterocycles. The number of nitrogens with one attached hydrogen (secondary N) is 1. The number of ether oxygens (including phenoxy) is 2. The van der Waals surface area contributed by atoms with Crippen molar-refractivity contribution in [2.75, 3.05) is 47.5 Å². The molecule has 1 heterocycles. The second-order valence-electron chi connectivity index (χ2n) is 12.4. The molecule has 0 bridgehead atoms. The molecule has 2 unspecified atom stereocenters. The Kier molecular flexibility index (Phi) is 12.9. The number of benzene rings is 2. The van der Waals surface area contributed by atoms with E-state index in [-0.39, 0.29) is 23.5 Å². The first-order valence-corrected chi connectivity index (χ1v) is 17.4. The van der Waals surface area contributed by atoms with Crippen molar-refractivity contribution in [3.8, 4) is 5.75 Å². The van der Waals surface area contributed by atoms with Crippen LogP contribution in [0.15, 0.2) is 59.5 Å². The van der Waals surface area contributed by atoms with E-state index in [1.807, 2.05) is 0 Å². The molecule has 2 aromatic rings. The predicted octanol–water partition coefficient (Wildman–Crippen LogP) is 5.13. The number of piperidine rings is 1. The van der Waals surface area contributed by atoms with Crippen LogP contribution in [0.3, 0.4) is 0 Å². The van der Waals surface area contributed by atoms with Gasteiger partial charge >= 0.3 is 0 Å². The number of carbonyl (C=O) groups is 1. The molecule has 1 aliphatic carbocycles. The molecule has 1 saturated heterocycles. The molecule has 238 valence electrons. The van der Waals surface area contributed by atoms with Crippen LogP contribution in [-0.2, 0) is 26.0 Å². The summed E-state index contributed by atoms with van der Waals surface area (Å²) in [4.78, 5) is 15.2. The number of carbonyl (C=O) groups excluding carboxylic acids is 1. The molecule has 0 radical (unpaired) electrons. The third-order valence-corrected chi connectivity index (χ3v) is 11.3. The fourth-order valence-corrected chi connectivity index (χ4v) is 8.53. The SMILES string of the molecule is COc1ccc(S(=O)(=O)N2CCCCC2CCOCC(=O)NCC2CCC(C(CCc3ccccc3)N(C)C)CC2)cc1. The highest BCUT2D eigenvalue weighted by atomic mass is 32.2. The number of methoxy groups -OCH3 is 1. The lowest BCUT2D eigenvalue weighted by molar-refractivity contribution is -0.126. The standard InChI is InChI=1S/C34H51N3O5S/c1-36(2)33(21-14-27-9-5-4-6-10-27)29-15-12-28(13-16-29)25-35-34(38)26-42-24-22-30-11-7-8-23-37(30)43(39,40)32-19-17-31(41-3)18-20-32/h4-6,9-10,17-20,28-30,33H,7-8,11-16,21-26H2,1-3H3,(H,35,38). The van der Waals surface area contributed by atoms with Crippen molar-refractivity contribution in [1.29, 1.82) is 0 Å². The van der Waals surface area contributed by atoms with Gasteiger partial charge in [0.2, 0.25) is 15.9 Å². The van der Waals surface area contributed by atoms with Crippen LogP contribution >= 0.6 is 0 Å². The van der Waals surface area contributed by atoms with Crippen LogP contribution in [0.4, 0.5) is 0 Å². The average molecular weight is 614 g/mol. The van der Waals surface area contributed by atoms with Gasteiger partial charge in [-0.1, -0.05) is 36.8 Å². The van der Waals surface area contributed by atoms with Gasteiger partial charge in [-0.25, -0.2) is 8.42 Å². The molecule has 1 N–H and O–H groups in total. The fourth-order valence-electron chi connectivity index (χ4n) is 6.81. The number of sulfonamides is 1. The van der Waals surface area contributed by atoms with Crippen LogP contribution < -0.4 is 10.1 Å². The first kappa shape index (κ1) is 33.4. The molecule has 2 aliphatic rings. The Bertz CT molecular complexity index is 1210. The van der Waals surface area contributed by atoms with Gasteiger partial charge in [0.05, 0.1) is 12.0 Å². The number of rotatable bonds is 15. The second-order valence-corrected chi connectivity index (χ2v) is 14.3. The van der Waals surface area contributed by atoms with Crippen LogP contribution in [0, 0.1) is 11.8 Å². The Labute approximate surface area is 259 Å². The van der Waals surface area contributed by atoms with Crippen LogP contribution in [0.25, 0.3) is 0 Å². The second kappa shape index (κ2) is 16.6. The van der Waals surface area contributed by atoms with Crippen molar-refractivity contribution in [2.24, 2.45) is 11.8 Å². The van der Waals surface area contributed by atoms with Crippen molar-refractivity contribution in [2.45, 2.75) is 81.2 Å². The molecule has 43 heavy (non-hydrogen) atoms. The first-order chi connectivity index (χ1) is 20.8. The summed E-state index contributed by atoms with van der Waals surface area (Å²) in [6.45, 7) is 1.56.